The molecule has 3 heterocycles. The summed E-state index contributed by atoms with van der Waals surface area (Å²) in [6.45, 7) is 6.66. The predicted molar refractivity (Wildman–Crippen MR) is 91.8 cm³/mol. The van der Waals surface area contributed by atoms with E-state index in [1.165, 1.54) is 84.1 Å². The maximum Gasteiger partial charge on any atom is 0.00955 e. The molecule has 0 radical (unpaired) electrons. The number of nitrogens with zero attached hydrogens (tertiary/aromatic N) is 3. The number of piperidine rings is 2. The first kappa shape index (κ1) is 17.2. The molecule has 0 spiro atoms. The number of likely N-dealkylation sites (tertiary alicyclic amines) is 3. The van der Waals surface area contributed by atoms with E-state index in [0.717, 1.165) is 12.0 Å². The molecule has 3 saturated heterocycles. The molecular formula is C18H37N3. The molecule has 4 rings (SSSR count). The van der Waals surface area contributed by atoms with E-state index >= 15 is 0 Å². The van der Waals surface area contributed by atoms with Crippen molar-refractivity contribution >= 4 is 0 Å². The van der Waals surface area contributed by atoms with Gasteiger partial charge in [-0.15, -0.1) is 0 Å². The van der Waals surface area contributed by atoms with Crippen LogP contribution in [0.3, 0.4) is 0 Å². The van der Waals surface area contributed by atoms with Gasteiger partial charge in [0.25, 0.3) is 0 Å². The van der Waals surface area contributed by atoms with E-state index in [1.807, 2.05) is 0 Å². The monoisotopic (exact) mass is 295 g/mol. The molecule has 1 saturated carbocycles. The zero-order valence-electron chi connectivity index (χ0n) is 14.7. The van der Waals surface area contributed by atoms with E-state index in [-0.39, 0.29) is 0 Å². The molecular weight excluding hydrogens is 258 g/mol. The second kappa shape index (κ2) is 9.12. The molecule has 3 nitrogen and oxygen atoms in total. The fourth-order valence-corrected chi connectivity index (χ4v) is 4.10. The summed E-state index contributed by atoms with van der Waals surface area (Å²) in [6.07, 6.45) is 11.6. The van der Waals surface area contributed by atoms with Gasteiger partial charge in [-0.2, -0.15) is 0 Å². The van der Waals surface area contributed by atoms with Gasteiger partial charge in [0.1, 0.15) is 0 Å². The molecule has 0 aromatic rings. The Labute approximate surface area is 132 Å². The Morgan fingerprint density at radius 2 is 1.19 bits per heavy atom. The highest BCUT2D eigenvalue weighted by atomic mass is 15.2. The molecule has 0 N–H and O–H groups in total. The Hall–Kier alpha value is -0.120. The summed E-state index contributed by atoms with van der Waals surface area (Å²) in [5, 5.41) is 0. The molecule has 0 amide bonds. The van der Waals surface area contributed by atoms with Gasteiger partial charge in [0.15, 0.2) is 0 Å². The lowest BCUT2D eigenvalue weighted by Crippen LogP contribution is -2.27. The van der Waals surface area contributed by atoms with Crippen molar-refractivity contribution in [3.05, 3.63) is 0 Å². The Morgan fingerprint density at radius 3 is 1.38 bits per heavy atom. The molecule has 3 heteroatoms. The van der Waals surface area contributed by atoms with Gasteiger partial charge in [0, 0.05) is 12.6 Å². The Morgan fingerprint density at radius 1 is 0.667 bits per heavy atom. The molecule has 2 unspecified atom stereocenters. The van der Waals surface area contributed by atoms with Crippen LogP contribution in [0.4, 0.5) is 0 Å². The van der Waals surface area contributed by atoms with Crippen LogP contribution in [0.5, 0.6) is 0 Å². The van der Waals surface area contributed by atoms with Crippen LogP contribution in [-0.2, 0) is 0 Å². The predicted octanol–water partition coefficient (Wildman–Crippen LogP) is 2.91. The highest BCUT2D eigenvalue weighted by molar-refractivity contribution is 4.89. The summed E-state index contributed by atoms with van der Waals surface area (Å²) in [5.41, 5.74) is 0. The first-order valence-electron chi connectivity index (χ1n) is 9.22. The molecule has 2 bridgehead atoms. The van der Waals surface area contributed by atoms with Gasteiger partial charge in [0.2, 0.25) is 0 Å². The average molecular weight is 296 g/mol. The molecule has 0 aromatic heterocycles. The number of fused-ring (bicyclic) bond motifs is 2. The van der Waals surface area contributed by atoms with E-state index in [2.05, 4.69) is 35.8 Å². The lowest BCUT2D eigenvalue weighted by atomic mass is 10.1. The van der Waals surface area contributed by atoms with Gasteiger partial charge in [-0.1, -0.05) is 6.42 Å². The van der Waals surface area contributed by atoms with E-state index in [0.29, 0.717) is 0 Å². The van der Waals surface area contributed by atoms with E-state index in [9.17, 15) is 0 Å². The second-order valence-corrected chi connectivity index (χ2v) is 7.65. The van der Waals surface area contributed by atoms with Gasteiger partial charge in [-0.05, 0) is 98.2 Å². The first-order valence-corrected chi connectivity index (χ1v) is 9.22. The fourth-order valence-electron chi connectivity index (χ4n) is 4.10. The van der Waals surface area contributed by atoms with Crippen LogP contribution in [0.25, 0.3) is 0 Å². The third kappa shape index (κ3) is 6.25. The van der Waals surface area contributed by atoms with E-state index in [1.54, 1.807) is 0 Å². The third-order valence-corrected chi connectivity index (χ3v) is 5.59. The van der Waals surface area contributed by atoms with Crippen molar-refractivity contribution in [1.29, 1.82) is 0 Å². The van der Waals surface area contributed by atoms with Crippen molar-refractivity contribution in [1.82, 2.24) is 14.7 Å². The normalized spacial score (nSPS) is 33.3. The minimum Gasteiger partial charge on any atom is -0.306 e. The topological polar surface area (TPSA) is 9.72 Å². The van der Waals surface area contributed by atoms with Gasteiger partial charge in [-0.3, -0.25) is 0 Å². The molecule has 2 atom stereocenters. The van der Waals surface area contributed by atoms with Crippen LogP contribution in [0.15, 0.2) is 0 Å². The van der Waals surface area contributed by atoms with Crippen LogP contribution in [0.2, 0.25) is 0 Å². The smallest absolute Gasteiger partial charge is 0.00955 e. The third-order valence-electron chi connectivity index (χ3n) is 5.59. The number of hydrogen-bond donors (Lipinski definition) is 0. The molecule has 3 aliphatic heterocycles. The SMILES string of the molecule is CN1CC2CCC1C2.CN1CCCC1.CN1CCCCC1. The van der Waals surface area contributed by atoms with E-state index in [4.69, 9.17) is 0 Å². The molecule has 4 aliphatic rings. The number of hydrogen-bond acceptors (Lipinski definition) is 3. The van der Waals surface area contributed by atoms with Crippen molar-refractivity contribution in [3.8, 4) is 0 Å². The average Bonchev–Trinajstić information content (AvgIpc) is 3.19. The highest BCUT2D eigenvalue weighted by Crippen LogP contribution is 2.35. The van der Waals surface area contributed by atoms with Crippen molar-refractivity contribution < 1.29 is 0 Å². The lowest BCUT2D eigenvalue weighted by molar-refractivity contribution is 0.261. The Balaban J connectivity index is 0.000000117. The molecule has 4 fully saturated rings. The Bertz CT molecular complexity index is 268. The molecule has 0 aromatic carbocycles. The largest absolute Gasteiger partial charge is 0.306 e. The van der Waals surface area contributed by atoms with Crippen molar-refractivity contribution in [3.63, 3.8) is 0 Å². The van der Waals surface area contributed by atoms with Gasteiger partial charge in [-0.25, -0.2) is 0 Å². The Kier molecular flexibility index (Phi) is 7.48. The van der Waals surface area contributed by atoms with E-state index < -0.39 is 0 Å². The minimum absolute atomic E-state index is 0.972. The first-order chi connectivity index (χ1) is 10.1. The van der Waals surface area contributed by atoms with Crippen LogP contribution < -0.4 is 0 Å². The van der Waals surface area contributed by atoms with Crippen molar-refractivity contribution in [2.24, 2.45) is 5.92 Å². The summed E-state index contributed by atoms with van der Waals surface area (Å²) in [6, 6.07) is 0.972. The van der Waals surface area contributed by atoms with Gasteiger partial charge < -0.3 is 14.7 Å². The molecule has 1 aliphatic carbocycles. The van der Waals surface area contributed by atoms with Crippen LogP contribution >= 0.6 is 0 Å². The summed E-state index contributed by atoms with van der Waals surface area (Å²) >= 11 is 0. The summed E-state index contributed by atoms with van der Waals surface area (Å²) < 4.78 is 0. The zero-order chi connectivity index (χ0) is 15.1. The van der Waals surface area contributed by atoms with Crippen molar-refractivity contribution in [2.75, 3.05) is 53.9 Å². The zero-order valence-corrected chi connectivity index (χ0v) is 14.7. The number of rotatable bonds is 0. The lowest BCUT2D eigenvalue weighted by Gasteiger charge is -2.20. The van der Waals surface area contributed by atoms with Crippen LogP contribution in [-0.4, -0.2) is 74.6 Å². The summed E-state index contributed by atoms with van der Waals surface area (Å²) in [4.78, 5) is 7.26. The fraction of sp³-hybridized carbons (Fsp3) is 1.00. The van der Waals surface area contributed by atoms with Gasteiger partial charge in [0.05, 0.1) is 0 Å². The highest BCUT2D eigenvalue weighted by Gasteiger charge is 2.34. The van der Waals surface area contributed by atoms with Crippen LogP contribution in [0, 0.1) is 5.92 Å². The molecule has 124 valence electrons. The maximum atomic E-state index is 2.51. The van der Waals surface area contributed by atoms with Crippen molar-refractivity contribution in [2.45, 2.75) is 57.4 Å². The standard InChI is InChI=1S/C7H13N.C6H13N.C5H11N/c1-8-5-6-2-3-7(8)4-6;1-7-5-3-2-4-6-7;1-6-4-2-3-5-6/h6-7H,2-5H2,1H3;2-6H2,1H3;2-5H2,1H3. The van der Waals surface area contributed by atoms with Gasteiger partial charge >= 0.3 is 0 Å². The quantitative estimate of drug-likeness (QED) is 0.680. The second-order valence-electron chi connectivity index (χ2n) is 7.65. The maximum absolute atomic E-state index is 2.51. The molecule has 21 heavy (non-hydrogen) atoms. The minimum atomic E-state index is 0.972. The van der Waals surface area contributed by atoms with Crippen LogP contribution in [0.1, 0.15) is 51.4 Å². The summed E-state index contributed by atoms with van der Waals surface area (Å²) in [7, 11) is 6.62. The summed E-state index contributed by atoms with van der Waals surface area (Å²) in [5.74, 6) is 1.07.